The van der Waals surface area contributed by atoms with E-state index in [1.165, 1.54) is 11.8 Å². The van der Waals surface area contributed by atoms with Crippen LogP contribution in [0.15, 0.2) is 23.2 Å². The molecule has 1 aliphatic rings. The molecule has 106 valence electrons. The van der Waals surface area contributed by atoms with Gasteiger partial charge in [0, 0.05) is 19.2 Å². The summed E-state index contributed by atoms with van der Waals surface area (Å²) in [5, 5.41) is 6.11. The van der Waals surface area contributed by atoms with Gasteiger partial charge < -0.3 is 10.6 Å². The summed E-state index contributed by atoms with van der Waals surface area (Å²) in [7, 11) is 1.58. The average Bonchev–Trinajstić information content (AvgIpc) is 2.74. The molecule has 0 aliphatic carbocycles. The Morgan fingerprint density at radius 2 is 2.20 bits per heavy atom. The second kappa shape index (κ2) is 6.47. The van der Waals surface area contributed by atoms with E-state index in [4.69, 9.17) is 23.2 Å². The Balaban J connectivity index is 1.96. The van der Waals surface area contributed by atoms with Gasteiger partial charge in [-0.1, -0.05) is 35.0 Å². The van der Waals surface area contributed by atoms with E-state index in [-0.39, 0.29) is 18.2 Å². The van der Waals surface area contributed by atoms with Crippen LogP contribution < -0.4 is 10.6 Å². The van der Waals surface area contributed by atoms with Gasteiger partial charge in [0.1, 0.15) is 5.25 Å². The fourth-order valence-electron chi connectivity index (χ4n) is 1.60. The summed E-state index contributed by atoms with van der Waals surface area (Å²) in [6.07, 6.45) is 0.0652. The number of benzene rings is 1. The van der Waals surface area contributed by atoms with Gasteiger partial charge >= 0.3 is 0 Å². The highest BCUT2D eigenvalue weighted by molar-refractivity contribution is 8.15. The molecule has 0 aromatic heterocycles. The number of aliphatic imine (C=N–C) groups is 1. The number of rotatable bonds is 3. The van der Waals surface area contributed by atoms with Crippen molar-refractivity contribution < 1.29 is 9.59 Å². The van der Waals surface area contributed by atoms with Crippen molar-refractivity contribution in [3.8, 4) is 0 Å². The van der Waals surface area contributed by atoms with Crippen molar-refractivity contribution in [2.45, 2.75) is 11.7 Å². The molecule has 2 N–H and O–H groups in total. The van der Waals surface area contributed by atoms with Crippen LogP contribution in [0.5, 0.6) is 0 Å². The second-order valence-corrected chi connectivity index (χ2v) is 6.01. The van der Waals surface area contributed by atoms with Gasteiger partial charge in [-0.05, 0) is 18.2 Å². The second-order valence-electron chi connectivity index (χ2n) is 4.01. The maximum absolute atomic E-state index is 11.9. The first-order chi connectivity index (χ1) is 9.49. The van der Waals surface area contributed by atoms with Gasteiger partial charge in [-0.3, -0.25) is 14.6 Å². The molecule has 1 heterocycles. The number of anilines is 1. The van der Waals surface area contributed by atoms with Gasteiger partial charge in [-0.15, -0.1) is 0 Å². The Morgan fingerprint density at radius 1 is 1.45 bits per heavy atom. The molecule has 1 aromatic rings. The summed E-state index contributed by atoms with van der Waals surface area (Å²) >= 11 is 12.9. The fraction of sp³-hybridized carbons (Fsp3) is 0.250. The van der Waals surface area contributed by atoms with Crippen LogP contribution >= 0.6 is 35.0 Å². The third-order valence-corrected chi connectivity index (χ3v) is 4.47. The Hall–Kier alpha value is -1.24. The molecule has 1 aromatic carbocycles. The van der Waals surface area contributed by atoms with Crippen molar-refractivity contribution >= 4 is 57.6 Å². The molecule has 5 nitrogen and oxygen atoms in total. The standard InChI is InChI=1S/C12H11Cl2N3O2S/c1-15-12-17-11(19)9(20-12)5-10(18)16-6-2-3-7(13)8(14)4-6/h2-4,9H,5H2,1H3,(H,16,18)(H,15,17,19)/t9-/m1/s1. The molecule has 8 heteroatoms. The van der Waals surface area contributed by atoms with Crippen molar-refractivity contribution in [1.29, 1.82) is 0 Å². The SMILES string of the molecule is CN=C1NC(=O)[C@@H](CC(=O)Nc2ccc(Cl)c(Cl)c2)S1. The van der Waals surface area contributed by atoms with Crippen LogP contribution in [0.2, 0.25) is 10.0 Å². The van der Waals surface area contributed by atoms with Gasteiger partial charge in [-0.25, -0.2) is 0 Å². The highest BCUT2D eigenvalue weighted by Crippen LogP contribution is 2.26. The number of carbonyl (C=O) groups is 2. The zero-order valence-electron chi connectivity index (χ0n) is 10.4. The molecule has 0 unspecified atom stereocenters. The summed E-state index contributed by atoms with van der Waals surface area (Å²) in [5.74, 6) is -0.478. The largest absolute Gasteiger partial charge is 0.326 e. The first-order valence-corrected chi connectivity index (χ1v) is 7.32. The molecule has 0 bridgehead atoms. The van der Waals surface area contributed by atoms with E-state index in [0.29, 0.717) is 20.9 Å². The Kier molecular flexibility index (Phi) is 4.91. The van der Waals surface area contributed by atoms with Crippen LogP contribution in [0.25, 0.3) is 0 Å². The van der Waals surface area contributed by atoms with E-state index in [1.54, 1.807) is 25.2 Å². The zero-order chi connectivity index (χ0) is 14.7. The number of carbonyl (C=O) groups excluding carboxylic acids is 2. The summed E-state index contributed by atoms with van der Waals surface area (Å²) < 4.78 is 0. The molecular formula is C12H11Cl2N3O2S. The van der Waals surface area contributed by atoms with Gasteiger partial charge in [0.25, 0.3) is 0 Å². The quantitative estimate of drug-likeness (QED) is 0.894. The van der Waals surface area contributed by atoms with Crippen LogP contribution in [0.1, 0.15) is 6.42 Å². The number of nitrogens with one attached hydrogen (secondary N) is 2. The lowest BCUT2D eigenvalue weighted by atomic mass is 10.2. The number of amides is 2. The highest BCUT2D eigenvalue weighted by atomic mass is 35.5. The van der Waals surface area contributed by atoms with E-state index < -0.39 is 5.25 Å². The normalized spacial score (nSPS) is 20.1. The van der Waals surface area contributed by atoms with Gasteiger partial charge in [0.05, 0.1) is 10.0 Å². The minimum absolute atomic E-state index is 0.0652. The van der Waals surface area contributed by atoms with Crippen molar-refractivity contribution in [1.82, 2.24) is 5.32 Å². The zero-order valence-corrected chi connectivity index (χ0v) is 12.8. The molecule has 0 radical (unpaired) electrons. The number of thioether (sulfide) groups is 1. The number of nitrogens with zero attached hydrogens (tertiary/aromatic N) is 1. The summed E-state index contributed by atoms with van der Waals surface area (Å²) in [4.78, 5) is 27.4. The van der Waals surface area contributed by atoms with E-state index in [0.717, 1.165) is 0 Å². The van der Waals surface area contributed by atoms with Crippen molar-refractivity contribution in [3.63, 3.8) is 0 Å². The maximum atomic E-state index is 11.9. The molecule has 2 amide bonds. The predicted molar refractivity (Wildman–Crippen MR) is 82.6 cm³/mol. The third-order valence-electron chi connectivity index (χ3n) is 2.55. The highest BCUT2D eigenvalue weighted by Gasteiger charge is 2.31. The molecule has 1 saturated heterocycles. The van der Waals surface area contributed by atoms with Gasteiger partial charge in [0.2, 0.25) is 11.8 Å². The monoisotopic (exact) mass is 331 g/mol. The molecule has 0 saturated carbocycles. The molecule has 1 aliphatic heterocycles. The maximum Gasteiger partial charge on any atom is 0.240 e. The topological polar surface area (TPSA) is 70.6 Å². The molecule has 1 fully saturated rings. The van der Waals surface area contributed by atoms with E-state index >= 15 is 0 Å². The van der Waals surface area contributed by atoms with Crippen LogP contribution in [0.3, 0.4) is 0 Å². The van der Waals surface area contributed by atoms with Crippen molar-refractivity contribution in [2.24, 2.45) is 4.99 Å². The first-order valence-electron chi connectivity index (χ1n) is 5.69. The van der Waals surface area contributed by atoms with Crippen LogP contribution in [0, 0.1) is 0 Å². The molecule has 1 atom stereocenters. The fourth-order valence-corrected chi connectivity index (χ4v) is 2.83. The van der Waals surface area contributed by atoms with Gasteiger partial charge in [-0.2, -0.15) is 0 Å². The Bertz CT molecular complexity index is 592. The van der Waals surface area contributed by atoms with E-state index in [9.17, 15) is 9.59 Å². The number of hydrogen-bond donors (Lipinski definition) is 2. The first kappa shape index (κ1) is 15.2. The van der Waals surface area contributed by atoms with Gasteiger partial charge in [0.15, 0.2) is 5.17 Å². The molecular weight excluding hydrogens is 321 g/mol. The lowest BCUT2D eigenvalue weighted by molar-refractivity contribution is -0.122. The third kappa shape index (κ3) is 3.65. The molecule has 20 heavy (non-hydrogen) atoms. The Morgan fingerprint density at radius 3 is 2.80 bits per heavy atom. The van der Waals surface area contributed by atoms with Crippen LogP contribution in [0.4, 0.5) is 5.69 Å². The molecule has 0 spiro atoms. The summed E-state index contributed by atoms with van der Waals surface area (Å²) in [5.41, 5.74) is 0.539. The lowest BCUT2D eigenvalue weighted by Gasteiger charge is -2.08. The van der Waals surface area contributed by atoms with E-state index in [2.05, 4.69) is 15.6 Å². The smallest absolute Gasteiger partial charge is 0.240 e. The van der Waals surface area contributed by atoms with Crippen molar-refractivity contribution in [2.75, 3.05) is 12.4 Å². The van der Waals surface area contributed by atoms with Crippen molar-refractivity contribution in [3.05, 3.63) is 28.2 Å². The number of hydrogen-bond acceptors (Lipinski definition) is 4. The van der Waals surface area contributed by atoms with Crippen LogP contribution in [-0.2, 0) is 9.59 Å². The minimum Gasteiger partial charge on any atom is -0.326 e. The molecule has 2 rings (SSSR count). The predicted octanol–water partition coefficient (Wildman–Crippen LogP) is 2.54. The van der Waals surface area contributed by atoms with Crippen LogP contribution in [-0.4, -0.2) is 29.3 Å². The average molecular weight is 332 g/mol. The minimum atomic E-state index is -0.462. The lowest BCUT2D eigenvalue weighted by Crippen LogP contribution is -2.28. The van der Waals surface area contributed by atoms with E-state index in [1.807, 2.05) is 0 Å². The summed E-state index contributed by atoms with van der Waals surface area (Å²) in [6, 6.07) is 4.80. The summed E-state index contributed by atoms with van der Waals surface area (Å²) in [6.45, 7) is 0. The number of amidine groups is 1. The Labute approximate surface area is 130 Å². The number of halogens is 2.